The fourth-order valence-electron chi connectivity index (χ4n) is 4.85. The first-order valence-corrected chi connectivity index (χ1v) is 10.3. The van der Waals surface area contributed by atoms with Crippen LogP contribution in [0.3, 0.4) is 0 Å². The van der Waals surface area contributed by atoms with Crippen molar-refractivity contribution < 1.29 is 4.74 Å². The molecule has 2 nitrogen and oxygen atoms in total. The van der Waals surface area contributed by atoms with E-state index in [4.69, 9.17) is 4.74 Å². The molecule has 1 saturated heterocycles. The third kappa shape index (κ3) is 2.69. The molecule has 3 aliphatic rings. The Labute approximate surface area is 145 Å². The van der Waals surface area contributed by atoms with Crippen LogP contribution >= 0.6 is 11.3 Å². The normalized spacial score (nSPS) is 37.5. The predicted molar refractivity (Wildman–Crippen MR) is 97.5 cm³/mol. The first kappa shape index (κ1) is 16.1. The Hall–Kier alpha value is -0.380. The number of fused-ring (bicyclic) bond motifs is 4. The molecule has 1 saturated carbocycles. The van der Waals surface area contributed by atoms with E-state index < -0.39 is 0 Å². The zero-order valence-electron chi connectivity index (χ0n) is 15.1. The summed E-state index contributed by atoms with van der Waals surface area (Å²) in [5.41, 5.74) is 1.89. The van der Waals surface area contributed by atoms with E-state index in [9.17, 15) is 0 Å². The summed E-state index contributed by atoms with van der Waals surface area (Å²) in [5.74, 6) is 0.655. The van der Waals surface area contributed by atoms with E-state index in [1.54, 1.807) is 15.3 Å². The van der Waals surface area contributed by atoms with Gasteiger partial charge in [0.15, 0.2) is 0 Å². The van der Waals surface area contributed by atoms with Gasteiger partial charge in [-0.2, -0.15) is 0 Å². The van der Waals surface area contributed by atoms with E-state index in [1.807, 2.05) is 0 Å². The quantitative estimate of drug-likeness (QED) is 0.716. The van der Waals surface area contributed by atoms with Crippen LogP contribution in [-0.2, 0) is 15.8 Å². The first-order chi connectivity index (χ1) is 10.9. The second kappa shape index (κ2) is 5.57. The average molecular weight is 334 g/mol. The summed E-state index contributed by atoms with van der Waals surface area (Å²) in [6, 6.07) is 3.11. The summed E-state index contributed by atoms with van der Waals surface area (Å²) in [4.78, 5) is 3.13. The standard InChI is InChI=1S/C20H31NOS/c1-13-12-20(9-10-21-13)18-15(11-17(23-18)19(2,3)4)14-7-5-6-8-16(14)22-20/h11,13-14,16,21H,5-10,12H2,1-4H3/t13-,14?,16?,20?/m0/s1. The Bertz CT molecular complexity index is 587. The maximum Gasteiger partial charge on any atom is 0.106 e. The van der Waals surface area contributed by atoms with Crippen molar-refractivity contribution >= 4 is 11.3 Å². The molecule has 1 N–H and O–H groups in total. The molecule has 0 amide bonds. The van der Waals surface area contributed by atoms with Crippen LogP contribution in [0.4, 0.5) is 0 Å². The maximum atomic E-state index is 6.91. The molecular formula is C20H31NOS. The SMILES string of the molecule is C[C@H]1CC2(CCN1)OC1CCCCC1c1cc(C(C)(C)C)sc12. The van der Waals surface area contributed by atoms with E-state index in [1.165, 1.54) is 25.7 Å². The molecule has 1 spiro atoms. The maximum absolute atomic E-state index is 6.91. The van der Waals surface area contributed by atoms with E-state index in [0.717, 1.165) is 19.4 Å². The fourth-order valence-corrected chi connectivity index (χ4v) is 6.31. The highest BCUT2D eigenvalue weighted by molar-refractivity contribution is 7.12. The molecule has 128 valence electrons. The van der Waals surface area contributed by atoms with Gasteiger partial charge in [-0.1, -0.05) is 33.6 Å². The molecule has 3 heteroatoms. The highest BCUT2D eigenvalue weighted by Gasteiger charge is 2.49. The van der Waals surface area contributed by atoms with E-state index >= 15 is 0 Å². The third-order valence-electron chi connectivity index (χ3n) is 6.05. The molecule has 4 atom stereocenters. The largest absolute Gasteiger partial charge is 0.365 e. The molecule has 3 unspecified atom stereocenters. The Balaban J connectivity index is 1.82. The van der Waals surface area contributed by atoms with Crippen molar-refractivity contribution in [1.82, 2.24) is 5.32 Å². The molecule has 0 aromatic carbocycles. The van der Waals surface area contributed by atoms with Gasteiger partial charge in [-0.3, -0.25) is 0 Å². The number of hydrogen-bond donors (Lipinski definition) is 1. The molecule has 2 aliphatic heterocycles. The van der Waals surface area contributed by atoms with Crippen LogP contribution in [0, 0.1) is 0 Å². The number of thiophene rings is 1. The molecule has 0 radical (unpaired) electrons. The van der Waals surface area contributed by atoms with Crippen molar-refractivity contribution in [2.45, 2.75) is 95.3 Å². The van der Waals surface area contributed by atoms with Crippen molar-refractivity contribution in [3.8, 4) is 0 Å². The molecule has 3 heterocycles. The monoisotopic (exact) mass is 333 g/mol. The fraction of sp³-hybridized carbons (Fsp3) is 0.800. The van der Waals surface area contributed by atoms with Gasteiger partial charge in [0, 0.05) is 21.7 Å². The number of ether oxygens (including phenoxy) is 1. The van der Waals surface area contributed by atoms with Crippen LogP contribution < -0.4 is 5.32 Å². The molecular weight excluding hydrogens is 302 g/mol. The van der Waals surface area contributed by atoms with Crippen molar-refractivity contribution in [2.75, 3.05) is 6.54 Å². The zero-order chi connectivity index (χ0) is 16.2. The lowest BCUT2D eigenvalue weighted by atomic mass is 9.73. The molecule has 4 rings (SSSR count). The second-order valence-corrected chi connectivity index (χ2v) is 10.0. The van der Waals surface area contributed by atoms with Gasteiger partial charge in [0.05, 0.1) is 6.10 Å². The lowest BCUT2D eigenvalue weighted by molar-refractivity contribution is -0.148. The minimum Gasteiger partial charge on any atom is -0.365 e. The topological polar surface area (TPSA) is 21.3 Å². The lowest BCUT2D eigenvalue weighted by Gasteiger charge is -2.49. The van der Waals surface area contributed by atoms with Crippen molar-refractivity contribution in [1.29, 1.82) is 0 Å². The van der Waals surface area contributed by atoms with Crippen LogP contribution in [0.25, 0.3) is 0 Å². The van der Waals surface area contributed by atoms with Crippen molar-refractivity contribution in [3.63, 3.8) is 0 Å². The minimum atomic E-state index is -0.00727. The van der Waals surface area contributed by atoms with Crippen LogP contribution in [0.15, 0.2) is 6.07 Å². The molecule has 1 aromatic heterocycles. The molecule has 1 aliphatic carbocycles. The summed E-state index contributed by atoms with van der Waals surface area (Å²) in [7, 11) is 0. The number of piperidine rings is 1. The van der Waals surface area contributed by atoms with Gasteiger partial charge in [-0.25, -0.2) is 0 Å². The van der Waals surface area contributed by atoms with E-state index in [0.29, 0.717) is 18.1 Å². The Kier molecular flexibility index (Phi) is 3.90. The Morgan fingerprint density at radius 1 is 1.26 bits per heavy atom. The van der Waals surface area contributed by atoms with E-state index in [-0.39, 0.29) is 11.0 Å². The zero-order valence-corrected chi connectivity index (χ0v) is 15.9. The van der Waals surface area contributed by atoms with Gasteiger partial charge in [0.25, 0.3) is 0 Å². The molecule has 1 aromatic rings. The summed E-state index contributed by atoms with van der Waals surface area (Å²) in [6.45, 7) is 10.4. The van der Waals surface area contributed by atoms with E-state index in [2.05, 4.69) is 50.4 Å². The smallest absolute Gasteiger partial charge is 0.106 e. The van der Waals surface area contributed by atoms with Gasteiger partial charge in [-0.05, 0) is 56.2 Å². The number of hydrogen-bond acceptors (Lipinski definition) is 3. The molecule has 2 fully saturated rings. The summed E-state index contributed by atoms with van der Waals surface area (Å²) >= 11 is 2.05. The molecule has 23 heavy (non-hydrogen) atoms. The lowest BCUT2D eigenvalue weighted by Crippen LogP contribution is -2.51. The minimum absolute atomic E-state index is 0.00727. The predicted octanol–water partition coefficient (Wildman–Crippen LogP) is 5.07. The van der Waals surface area contributed by atoms with Gasteiger partial charge in [0.1, 0.15) is 5.60 Å². The number of nitrogens with one attached hydrogen (secondary N) is 1. The van der Waals surface area contributed by atoms with Crippen molar-refractivity contribution in [3.05, 3.63) is 21.4 Å². The summed E-state index contributed by atoms with van der Waals surface area (Å²) in [5, 5.41) is 3.62. The van der Waals surface area contributed by atoms with Gasteiger partial charge in [0.2, 0.25) is 0 Å². The van der Waals surface area contributed by atoms with Crippen LogP contribution in [-0.4, -0.2) is 18.7 Å². The van der Waals surface area contributed by atoms with Crippen molar-refractivity contribution in [2.24, 2.45) is 0 Å². The average Bonchev–Trinajstić information content (AvgIpc) is 2.94. The van der Waals surface area contributed by atoms with Gasteiger partial charge >= 0.3 is 0 Å². The number of rotatable bonds is 0. The Morgan fingerprint density at radius 2 is 2.04 bits per heavy atom. The second-order valence-electron chi connectivity index (χ2n) is 9.00. The van der Waals surface area contributed by atoms with Crippen LogP contribution in [0.2, 0.25) is 0 Å². The van der Waals surface area contributed by atoms with Crippen LogP contribution in [0.1, 0.15) is 87.5 Å². The van der Waals surface area contributed by atoms with Crippen LogP contribution in [0.5, 0.6) is 0 Å². The highest BCUT2D eigenvalue weighted by Crippen LogP contribution is 2.55. The van der Waals surface area contributed by atoms with Gasteiger partial charge < -0.3 is 10.1 Å². The molecule has 0 bridgehead atoms. The highest BCUT2D eigenvalue weighted by atomic mass is 32.1. The third-order valence-corrected chi connectivity index (χ3v) is 7.81. The van der Waals surface area contributed by atoms with Gasteiger partial charge in [-0.15, -0.1) is 11.3 Å². The Morgan fingerprint density at radius 3 is 2.78 bits per heavy atom. The summed E-state index contributed by atoms with van der Waals surface area (Å²) in [6.07, 6.45) is 8.02. The summed E-state index contributed by atoms with van der Waals surface area (Å²) < 4.78 is 6.91. The first-order valence-electron chi connectivity index (χ1n) is 9.45.